The fourth-order valence-electron chi connectivity index (χ4n) is 2.66. The number of aromatic carboxylic acids is 1. The van der Waals surface area contributed by atoms with Gasteiger partial charge in [0.15, 0.2) is 0 Å². The maximum Gasteiger partial charge on any atom is 0.252 e. The lowest BCUT2D eigenvalue weighted by Gasteiger charge is -2.33. The first kappa shape index (κ1) is 20.2. The van der Waals surface area contributed by atoms with Gasteiger partial charge in [-0.2, -0.15) is 8.61 Å². The first-order valence-electron chi connectivity index (χ1n) is 7.69. The van der Waals surface area contributed by atoms with Crippen LogP contribution < -0.4 is 5.11 Å². The number of piperazine rings is 1. The Morgan fingerprint density at radius 3 is 2.11 bits per heavy atom. The van der Waals surface area contributed by atoms with Crippen molar-refractivity contribution in [3.8, 4) is 0 Å². The van der Waals surface area contributed by atoms with E-state index in [-0.39, 0.29) is 40.3 Å². The van der Waals surface area contributed by atoms with Crippen LogP contribution in [-0.2, 0) is 20.0 Å². The number of carbonyl (C=O) groups excluding carboxylic acids is 1. The number of sulfonamides is 2. The Morgan fingerprint density at radius 1 is 1.00 bits per heavy atom. The first-order chi connectivity index (χ1) is 12.6. The number of halogens is 1. The van der Waals surface area contributed by atoms with E-state index in [9.17, 15) is 26.7 Å². The van der Waals surface area contributed by atoms with Crippen LogP contribution in [0.25, 0.3) is 0 Å². The van der Waals surface area contributed by atoms with Crippen LogP contribution in [0.15, 0.2) is 44.8 Å². The Balaban J connectivity index is 1.79. The molecule has 1 saturated heterocycles. The normalized spacial score (nSPS) is 17.1. The molecule has 12 heteroatoms. The number of carboxylic acids is 1. The summed E-state index contributed by atoms with van der Waals surface area (Å²) in [6, 6.07) is 6.46. The monoisotopic (exact) mass is 449 g/mol. The van der Waals surface area contributed by atoms with Crippen molar-refractivity contribution in [3.63, 3.8) is 0 Å². The van der Waals surface area contributed by atoms with Gasteiger partial charge in [0.25, 0.3) is 10.0 Å². The molecule has 146 valence electrons. The summed E-state index contributed by atoms with van der Waals surface area (Å²) in [5, 5.41) is 12.6. The number of thiophene rings is 1. The van der Waals surface area contributed by atoms with E-state index in [1.165, 1.54) is 22.5 Å². The molecule has 0 unspecified atom stereocenters. The highest BCUT2D eigenvalue weighted by atomic mass is 35.5. The summed E-state index contributed by atoms with van der Waals surface area (Å²) < 4.78 is 53.1. The minimum Gasteiger partial charge on any atom is -0.545 e. The van der Waals surface area contributed by atoms with Gasteiger partial charge in [0.1, 0.15) is 4.21 Å². The van der Waals surface area contributed by atoms with Gasteiger partial charge in [-0.1, -0.05) is 17.7 Å². The number of carboxylic acid groups (broad SMARTS) is 1. The molecular weight excluding hydrogens is 436 g/mol. The maximum absolute atomic E-state index is 12.8. The average molecular weight is 450 g/mol. The van der Waals surface area contributed by atoms with Crippen LogP contribution in [0.1, 0.15) is 10.4 Å². The maximum atomic E-state index is 12.8. The van der Waals surface area contributed by atoms with Crippen molar-refractivity contribution < 1.29 is 26.7 Å². The Morgan fingerprint density at radius 2 is 1.59 bits per heavy atom. The molecule has 1 aromatic carbocycles. The minimum atomic E-state index is -3.99. The van der Waals surface area contributed by atoms with Crippen LogP contribution in [-0.4, -0.2) is 57.6 Å². The van der Waals surface area contributed by atoms with Crippen molar-refractivity contribution >= 4 is 49.0 Å². The van der Waals surface area contributed by atoms with E-state index >= 15 is 0 Å². The molecule has 1 aliphatic rings. The molecule has 0 aliphatic carbocycles. The van der Waals surface area contributed by atoms with E-state index in [1.54, 1.807) is 11.4 Å². The zero-order valence-corrected chi connectivity index (χ0v) is 16.9. The van der Waals surface area contributed by atoms with Gasteiger partial charge in [0, 0.05) is 36.8 Å². The number of nitrogens with zero attached hydrogens (tertiary/aromatic N) is 2. The van der Waals surface area contributed by atoms with Crippen LogP contribution in [0.5, 0.6) is 0 Å². The highest BCUT2D eigenvalue weighted by molar-refractivity contribution is 7.91. The van der Waals surface area contributed by atoms with Gasteiger partial charge in [-0.05, 0) is 29.6 Å². The SMILES string of the molecule is O=C([O-])c1cc(S(=O)(=O)N2CCN(S(=O)(=O)c3cccs3)CC2)ccc1Cl. The smallest absolute Gasteiger partial charge is 0.252 e. The summed E-state index contributed by atoms with van der Waals surface area (Å²) in [6.45, 7) is -0.0900. The van der Waals surface area contributed by atoms with E-state index in [1.807, 2.05) is 0 Å². The third-order valence-corrected chi connectivity index (χ3v) is 9.58. The number of rotatable bonds is 5. The van der Waals surface area contributed by atoms with Crippen molar-refractivity contribution in [2.75, 3.05) is 26.2 Å². The summed E-state index contributed by atoms with van der Waals surface area (Å²) in [4.78, 5) is 10.8. The molecule has 1 fully saturated rings. The Bertz CT molecular complexity index is 1060. The van der Waals surface area contributed by atoms with Gasteiger partial charge < -0.3 is 9.90 Å². The quantitative estimate of drug-likeness (QED) is 0.655. The molecule has 2 aromatic rings. The van der Waals surface area contributed by atoms with Gasteiger partial charge in [-0.25, -0.2) is 16.8 Å². The van der Waals surface area contributed by atoms with Gasteiger partial charge >= 0.3 is 0 Å². The third-order valence-electron chi connectivity index (χ3n) is 4.08. The summed E-state index contributed by atoms with van der Waals surface area (Å²) in [5.74, 6) is -1.58. The third kappa shape index (κ3) is 3.89. The topological polar surface area (TPSA) is 115 Å². The van der Waals surface area contributed by atoms with Crippen LogP contribution in [0, 0.1) is 0 Å². The molecule has 0 saturated carbocycles. The summed E-state index contributed by atoms with van der Waals surface area (Å²) in [5.41, 5.74) is -0.420. The number of hydrogen-bond acceptors (Lipinski definition) is 7. The number of hydrogen-bond donors (Lipinski definition) is 0. The number of benzene rings is 1. The second kappa shape index (κ2) is 7.49. The molecule has 0 amide bonds. The van der Waals surface area contributed by atoms with Crippen LogP contribution in [0.4, 0.5) is 0 Å². The van der Waals surface area contributed by atoms with Crippen molar-refractivity contribution in [3.05, 3.63) is 46.3 Å². The molecule has 2 heterocycles. The molecule has 0 bridgehead atoms. The molecule has 8 nitrogen and oxygen atoms in total. The van der Waals surface area contributed by atoms with E-state index in [2.05, 4.69) is 0 Å². The van der Waals surface area contributed by atoms with E-state index in [4.69, 9.17) is 11.6 Å². The minimum absolute atomic E-state index is 0.000393. The second-order valence-corrected chi connectivity index (χ2v) is 11.1. The van der Waals surface area contributed by atoms with Crippen LogP contribution >= 0.6 is 22.9 Å². The van der Waals surface area contributed by atoms with Gasteiger partial charge in [0.05, 0.1) is 10.9 Å². The van der Waals surface area contributed by atoms with Gasteiger partial charge in [-0.15, -0.1) is 11.3 Å². The largest absolute Gasteiger partial charge is 0.545 e. The lowest BCUT2D eigenvalue weighted by molar-refractivity contribution is -0.255. The second-order valence-electron chi connectivity index (χ2n) is 5.67. The molecule has 3 rings (SSSR count). The van der Waals surface area contributed by atoms with Crippen molar-refractivity contribution in [2.24, 2.45) is 0 Å². The lowest BCUT2D eigenvalue weighted by atomic mass is 10.2. The predicted octanol–water partition coefficient (Wildman–Crippen LogP) is 0.460. The van der Waals surface area contributed by atoms with Crippen LogP contribution in [0.3, 0.4) is 0 Å². The Labute approximate surface area is 165 Å². The highest BCUT2D eigenvalue weighted by Crippen LogP contribution is 2.26. The zero-order valence-electron chi connectivity index (χ0n) is 13.7. The zero-order chi connectivity index (χ0) is 19.8. The molecule has 27 heavy (non-hydrogen) atoms. The average Bonchev–Trinajstić information content (AvgIpc) is 3.17. The standard InChI is InChI=1S/C15H15ClN2O6S3/c16-13-4-3-11(10-12(13)15(19)20)26(21,22)17-5-7-18(8-6-17)27(23,24)14-2-1-9-25-14/h1-4,9-10H,5-8H2,(H,19,20)/p-1. The van der Waals surface area contributed by atoms with E-state index in [0.717, 1.165) is 21.7 Å². The summed E-state index contributed by atoms with van der Waals surface area (Å²) in [7, 11) is -7.64. The molecular formula is C15H14ClN2O6S3-. The summed E-state index contributed by atoms with van der Waals surface area (Å²) in [6.07, 6.45) is 0. The molecule has 0 N–H and O–H groups in total. The highest BCUT2D eigenvalue weighted by Gasteiger charge is 2.34. The fraction of sp³-hybridized carbons (Fsp3) is 0.267. The van der Waals surface area contributed by atoms with Crippen molar-refractivity contribution in [1.82, 2.24) is 8.61 Å². The molecule has 0 spiro atoms. The molecule has 1 aliphatic heterocycles. The van der Waals surface area contributed by atoms with Crippen molar-refractivity contribution in [2.45, 2.75) is 9.10 Å². The van der Waals surface area contributed by atoms with Gasteiger partial charge in [0.2, 0.25) is 10.0 Å². The summed E-state index contributed by atoms with van der Waals surface area (Å²) >= 11 is 6.84. The Hall–Kier alpha value is -1.50. The number of carbonyl (C=O) groups is 1. The van der Waals surface area contributed by atoms with E-state index in [0.29, 0.717) is 0 Å². The van der Waals surface area contributed by atoms with Crippen molar-refractivity contribution in [1.29, 1.82) is 0 Å². The fourth-order valence-corrected chi connectivity index (χ4v) is 6.87. The van der Waals surface area contributed by atoms with E-state index < -0.39 is 31.6 Å². The predicted molar refractivity (Wildman–Crippen MR) is 97.6 cm³/mol. The Kier molecular flexibility index (Phi) is 5.62. The lowest BCUT2D eigenvalue weighted by Crippen LogP contribution is -2.50. The van der Waals surface area contributed by atoms with Gasteiger partial charge in [-0.3, -0.25) is 0 Å². The van der Waals surface area contributed by atoms with Crippen LogP contribution in [0.2, 0.25) is 5.02 Å². The first-order valence-corrected chi connectivity index (χ1v) is 11.8. The molecule has 0 radical (unpaired) electrons. The molecule has 0 atom stereocenters. The molecule has 1 aromatic heterocycles.